The summed E-state index contributed by atoms with van der Waals surface area (Å²) in [6.45, 7) is 12.7. The Balaban J connectivity index is 0. The lowest BCUT2D eigenvalue weighted by Crippen LogP contribution is -2.18. The number of hydrogen-bond acceptors (Lipinski definition) is 2. The van der Waals surface area contributed by atoms with Gasteiger partial charge in [-0.3, -0.25) is 0 Å². The molecule has 0 aliphatic carbocycles. The topological polar surface area (TPSA) is 18.5 Å². The second-order valence-electron chi connectivity index (χ2n) is 2.85. The third-order valence-electron chi connectivity index (χ3n) is 1.37. The minimum atomic E-state index is 0.296. The van der Waals surface area contributed by atoms with Crippen molar-refractivity contribution < 1.29 is 9.47 Å². The number of ether oxygens (including phenoxy) is 2. The van der Waals surface area contributed by atoms with Crippen LogP contribution in [0.1, 0.15) is 47.5 Å². The Morgan fingerprint density at radius 2 is 1.46 bits per heavy atom. The maximum Gasteiger partial charge on any atom is 0.0805 e. The van der Waals surface area contributed by atoms with E-state index in [4.69, 9.17) is 9.47 Å². The average Bonchev–Trinajstić information content (AvgIpc) is 2.13. The van der Waals surface area contributed by atoms with Gasteiger partial charge in [0.25, 0.3) is 0 Å². The Morgan fingerprint density at radius 1 is 0.923 bits per heavy atom. The molecule has 0 amide bonds. The van der Waals surface area contributed by atoms with Crippen LogP contribution in [0, 0.1) is 0 Å². The molecular weight excluding hydrogens is 164 g/mol. The molecule has 0 aliphatic rings. The monoisotopic (exact) mass is 190 g/mol. The van der Waals surface area contributed by atoms with Crippen LogP contribution in [-0.4, -0.2) is 25.9 Å². The van der Waals surface area contributed by atoms with Crippen LogP contribution in [0.5, 0.6) is 0 Å². The highest BCUT2D eigenvalue weighted by Crippen LogP contribution is 1.97. The van der Waals surface area contributed by atoms with Gasteiger partial charge in [-0.1, -0.05) is 27.2 Å². The summed E-state index contributed by atoms with van der Waals surface area (Å²) in [7, 11) is 0. The van der Waals surface area contributed by atoms with E-state index in [1.165, 1.54) is 6.42 Å². The molecule has 0 fully saturated rings. The van der Waals surface area contributed by atoms with E-state index in [2.05, 4.69) is 20.8 Å². The molecule has 0 bridgehead atoms. The number of rotatable bonds is 6. The third-order valence-corrected chi connectivity index (χ3v) is 1.37. The van der Waals surface area contributed by atoms with Gasteiger partial charge in [0.05, 0.1) is 12.7 Å². The van der Waals surface area contributed by atoms with Gasteiger partial charge in [0.15, 0.2) is 0 Å². The standard InChI is InChI=1S/C8H18O2.C3H8/c1-4-8(10-6-3)7-9-5-2;1-3-2/h8H,4-7H2,1-3H3;3H2,1-2H3. The zero-order valence-electron chi connectivity index (χ0n) is 9.93. The molecule has 0 saturated carbocycles. The molecule has 0 aromatic carbocycles. The summed E-state index contributed by atoms with van der Waals surface area (Å²) in [5.74, 6) is 0. The van der Waals surface area contributed by atoms with Crippen molar-refractivity contribution >= 4 is 0 Å². The Labute approximate surface area is 83.6 Å². The smallest absolute Gasteiger partial charge is 0.0805 e. The van der Waals surface area contributed by atoms with Gasteiger partial charge >= 0.3 is 0 Å². The highest BCUT2D eigenvalue weighted by Gasteiger charge is 2.03. The Morgan fingerprint density at radius 3 is 1.77 bits per heavy atom. The van der Waals surface area contributed by atoms with E-state index in [1.807, 2.05) is 13.8 Å². The lowest BCUT2D eigenvalue weighted by Gasteiger charge is -2.13. The van der Waals surface area contributed by atoms with E-state index in [9.17, 15) is 0 Å². The van der Waals surface area contributed by atoms with Crippen LogP contribution in [0.3, 0.4) is 0 Å². The first kappa shape index (κ1) is 15.4. The van der Waals surface area contributed by atoms with E-state index < -0.39 is 0 Å². The predicted octanol–water partition coefficient (Wildman–Crippen LogP) is 3.25. The molecule has 0 radical (unpaired) electrons. The maximum absolute atomic E-state index is 5.37. The Hall–Kier alpha value is -0.0800. The van der Waals surface area contributed by atoms with Gasteiger partial charge in [-0.05, 0) is 20.3 Å². The quantitative estimate of drug-likeness (QED) is 0.640. The molecule has 0 spiro atoms. The molecule has 1 unspecified atom stereocenters. The summed E-state index contributed by atoms with van der Waals surface area (Å²) in [6.07, 6.45) is 2.58. The molecule has 2 heteroatoms. The Bertz CT molecular complexity index is 74.5. The first-order valence-corrected chi connectivity index (χ1v) is 5.45. The van der Waals surface area contributed by atoms with Gasteiger partial charge in [-0.25, -0.2) is 0 Å². The molecule has 0 N–H and O–H groups in total. The molecule has 2 nitrogen and oxygen atoms in total. The van der Waals surface area contributed by atoms with E-state index >= 15 is 0 Å². The van der Waals surface area contributed by atoms with Gasteiger partial charge < -0.3 is 9.47 Å². The summed E-state index contributed by atoms with van der Waals surface area (Å²) in [5.41, 5.74) is 0. The van der Waals surface area contributed by atoms with E-state index in [1.54, 1.807) is 0 Å². The van der Waals surface area contributed by atoms with Crippen molar-refractivity contribution in [3.63, 3.8) is 0 Å². The van der Waals surface area contributed by atoms with E-state index in [-0.39, 0.29) is 0 Å². The summed E-state index contributed by atoms with van der Waals surface area (Å²) < 4.78 is 10.6. The minimum absolute atomic E-state index is 0.296. The molecule has 0 aromatic heterocycles. The molecule has 0 aliphatic heterocycles. The van der Waals surface area contributed by atoms with Gasteiger partial charge in [-0.2, -0.15) is 0 Å². The van der Waals surface area contributed by atoms with Crippen LogP contribution in [0.25, 0.3) is 0 Å². The van der Waals surface area contributed by atoms with Crippen molar-refractivity contribution in [1.82, 2.24) is 0 Å². The lowest BCUT2D eigenvalue weighted by atomic mass is 10.3. The average molecular weight is 190 g/mol. The van der Waals surface area contributed by atoms with E-state index in [0.717, 1.165) is 26.2 Å². The van der Waals surface area contributed by atoms with Crippen LogP contribution in [0.15, 0.2) is 0 Å². The van der Waals surface area contributed by atoms with Crippen LogP contribution in [0.2, 0.25) is 0 Å². The summed E-state index contributed by atoms with van der Waals surface area (Å²) in [5, 5.41) is 0. The van der Waals surface area contributed by atoms with Gasteiger partial charge in [0, 0.05) is 13.2 Å². The van der Waals surface area contributed by atoms with Crippen molar-refractivity contribution in [3.05, 3.63) is 0 Å². The second-order valence-corrected chi connectivity index (χ2v) is 2.85. The zero-order valence-corrected chi connectivity index (χ0v) is 9.93. The van der Waals surface area contributed by atoms with Crippen LogP contribution in [-0.2, 0) is 9.47 Å². The fourth-order valence-electron chi connectivity index (χ4n) is 0.769. The summed E-state index contributed by atoms with van der Waals surface area (Å²) in [6, 6.07) is 0. The van der Waals surface area contributed by atoms with Gasteiger partial charge in [-0.15, -0.1) is 0 Å². The second kappa shape index (κ2) is 14.4. The molecule has 82 valence electrons. The van der Waals surface area contributed by atoms with Crippen LogP contribution in [0.4, 0.5) is 0 Å². The van der Waals surface area contributed by atoms with Gasteiger partial charge in [0.1, 0.15) is 0 Å². The molecule has 0 heterocycles. The van der Waals surface area contributed by atoms with Crippen molar-refractivity contribution in [2.75, 3.05) is 19.8 Å². The fraction of sp³-hybridized carbons (Fsp3) is 1.00. The van der Waals surface area contributed by atoms with Crippen molar-refractivity contribution in [1.29, 1.82) is 0 Å². The zero-order chi connectivity index (χ0) is 10.5. The van der Waals surface area contributed by atoms with Crippen molar-refractivity contribution in [2.45, 2.75) is 53.6 Å². The number of hydrogen-bond donors (Lipinski definition) is 0. The van der Waals surface area contributed by atoms with Gasteiger partial charge in [0.2, 0.25) is 0 Å². The fourth-order valence-corrected chi connectivity index (χ4v) is 0.769. The van der Waals surface area contributed by atoms with Crippen molar-refractivity contribution in [3.8, 4) is 0 Å². The first-order valence-electron chi connectivity index (χ1n) is 5.45. The largest absolute Gasteiger partial charge is 0.379 e. The molecule has 0 aromatic rings. The minimum Gasteiger partial charge on any atom is -0.379 e. The predicted molar refractivity (Wildman–Crippen MR) is 58.2 cm³/mol. The van der Waals surface area contributed by atoms with E-state index in [0.29, 0.717) is 6.10 Å². The highest BCUT2D eigenvalue weighted by atomic mass is 16.5. The van der Waals surface area contributed by atoms with Crippen LogP contribution >= 0.6 is 0 Å². The molecule has 1 atom stereocenters. The van der Waals surface area contributed by atoms with Crippen LogP contribution < -0.4 is 0 Å². The summed E-state index contributed by atoms with van der Waals surface area (Å²) >= 11 is 0. The molecular formula is C11H26O2. The lowest BCUT2D eigenvalue weighted by molar-refractivity contribution is -0.00979. The highest BCUT2D eigenvalue weighted by molar-refractivity contribution is 4.51. The molecule has 13 heavy (non-hydrogen) atoms. The molecule has 0 rings (SSSR count). The maximum atomic E-state index is 5.37. The van der Waals surface area contributed by atoms with Crippen molar-refractivity contribution in [2.24, 2.45) is 0 Å². The SMILES string of the molecule is CCC.CCOCC(CC)OCC. The third kappa shape index (κ3) is 14.7. The first-order chi connectivity index (χ1) is 6.26. The normalized spacial score (nSPS) is 11.8. The molecule has 0 saturated heterocycles. The Kier molecular flexibility index (Phi) is 17.1. The summed E-state index contributed by atoms with van der Waals surface area (Å²) in [4.78, 5) is 0.